The van der Waals surface area contributed by atoms with Gasteiger partial charge in [-0.05, 0) is 55.3 Å². The third kappa shape index (κ3) is 3.99. The molecule has 0 amide bonds. The van der Waals surface area contributed by atoms with E-state index in [1.807, 2.05) is 32.0 Å². The minimum atomic E-state index is -3.55. The molecule has 22 heavy (non-hydrogen) atoms. The summed E-state index contributed by atoms with van der Waals surface area (Å²) in [4.78, 5) is 0.198. The Morgan fingerprint density at radius 1 is 1.14 bits per heavy atom. The highest BCUT2D eigenvalue weighted by Gasteiger charge is 2.13. The molecule has 0 spiro atoms. The summed E-state index contributed by atoms with van der Waals surface area (Å²) in [7, 11) is -3.55. The molecule has 3 N–H and O–H groups in total. The first kappa shape index (κ1) is 16.3. The quantitative estimate of drug-likeness (QED) is 0.801. The van der Waals surface area contributed by atoms with E-state index in [1.165, 1.54) is 12.1 Å². The standard InChI is InChI=1S/C16H20N2O3S/c1-3-21-16-9-4-13(10-12(16)2)11-18-22(19,20)15-7-5-14(17)6-8-15/h4-10,18H,3,11,17H2,1-2H3. The molecular weight excluding hydrogens is 300 g/mol. The highest BCUT2D eigenvalue weighted by atomic mass is 32.2. The Balaban J connectivity index is 2.09. The monoisotopic (exact) mass is 320 g/mol. The molecule has 2 aromatic carbocycles. The summed E-state index contributed by atoms with van der Waals surface area (Å²) in [5.41, 5.74) is 7.94. The molecule has 6 heteroatoms. The predicted molar refractivity (Wildman–Crippen MR) is 87.2 cm³/mol. The predicted octanol–water partition coefficient (Wildman–Crippen LogP) is 2.45. The summed E-state index contributed by atoms with van der Waals surface area (Å²) in [5, 5.41) is 0. The van der Waals surface area contributed by atoms with Crippen molar-refractivity contribution in [3.8, 4) is 5.75 Å². The van der Waals surface area contributed by atoms with Crippen LogP contribution in [0.5, 0.6) is 5.75 Å². The third-order valence-electron chi connectivity index (χ3n) is 3.20. The molecule has 0 saturated carbocycles. The molecule has 0 bridgehead atoms. The Morgan fingerprint density at radius 3 is 2.41 bits per heavy atom. The van der Waals surface area contributed by atoms with E-state index in [4.69, 9.17) is 10.5 Å². The van der Waals surface area contributed by atoms with Crippen LogP contribution < -0.4 is 15.2 Å². The zero-order chi connectivity index (χ0) is 16.2. The number of aryl methyl sites for hydroxylation is 1. The Hall–Kier alpha value is -2.05. The van der Waals surface area contributed by atoms with Crippen LogP contribution in [0.3, 0.4) is 0 Å². The summed E-state index contributed by atoms with van der Waals surface area (Å²) in [6, 6.07) is 11.7. The minimum absolute atomic E-state index is 0.198. The number of anilines is 1. The smallest absolute Gasteiger partial charge is 0.240 e. The number of benzene rings is 2. The highest BCUT2D eigenvalue weighted by Crippen LogP contribution is 2.19. The van der Waals surface area contributed by atoms with Crippen LogP contribution in [0.4, 0.5) is 5.69 Å². The number of rotatable bonds is 6. The number of ether oxygens (including phenoxy) is 1. The van der Waals surface area contributed by atoms with E-state index in [1.54, 1.807) is 12.1 Å². The summed E-state index contributed by atoms with van der Waals surface area (Å²) in [6.45, 7) is 4.68. The molecule has 118 valence electrons. The Bertz CT molecular complexity index is 740. The van der Waals surface area contributed by atoms with Gasteiger partial charge in [0.25, 0.3) is 0 Å². The summed E-state index contributed by atoms with van der Waals surface area (Å²) in [5.74, 6) is 0.813. The van der Waals surface area contributed by atoms with E-state index < -0.39 is 10.0 Å². The minimum Gasteiger partial charge on any atom is -0.494 e. The molecule has 0 radical (unpaired) electrons. The van der Waals surface area contributed by atoms with Crippen LogP contribution in [0.25, 0.3) is 0 Å². The first-order valence-electron chi connectivity index (χ1n) is 7.00. The van der Waals surface area contributed by atoms with Crippen molar-refractivity contribution in [3.05, 3.63) is 53.6 Å². The zero-order valence-corrected chi connectivity index (χ0v) is 13.5. The average Bonchev–Trinajstić information content (AvgIpc) is 2.48. The maximum atomic E-state index is 12.2. The molecule has 0 unspecified atom stereocenters. The van der Waals surface area contributed by atoms with Gasteiger partial charge in [-0.15, -0.1) is 0 Å². The fraction of sp³-hybridized carbons (Fsp3) is 0.250. The van der Waals surface area contributed by atoms with Crippen molar-refractivity contribution in [2.75, 3.05) is 12.3 Å². The second kappa shape index (κ2) is 6.81. The van der Waals surface area contributed by atoms with Crippen LogP contribution in [0.1, 0.15) is 18.1 Å². The maximum absolute atomic E-state index is 12.2. The Labute approximate surface area is 131 Å². The van der Waals surface area contributed by atoms with Crippen LogP contribution >= 0.6 is 0 Å². The van der Waals surface area contributed by atoms with Crippen molar-refractivity contribution < 1.29 is 13.2 Å². The topological polar surface area (TPSA) is 81.4 Å². The number of hydrogen-bond acceptors (Lipinski definition) is 4. The van der Waals surface area contributed by atoms with E-state index in [0.29, 0.717) is 12.3 Å². The van der Waals surface area contributed by atoms with Crippen LogP contribution in [0.15, 0.2) is 47.4 Å². The van der Waals surface area contributed by atoms with Gasteiger partial charge in [0.2, 0.25) is 10.0 Å². The molecule has 0 aliphatic carbocycles. The lowest BCUT2D eigenvalue weighted by molar-refractivity contribution is 0.338. The van der Waals surface area contributed by atoms with E-state index in [9.17, 15) is 8.42 Å². The van der Waals surface area contributed by atoms with Gasteiger partial charge in [0, 0.05) is 12.2 Å². The molecule has 2 aromatic rings. The van der Waals surface area contributed by atoms with Gasteiger partial charge in [0.05, 0.1) is 11.5 Å². The normalized spacial score (nSPS) is 11.4. The number of sulfonamides is 1. The van der Waals surface area contributed by atoms with Crippen LogP contribution in [-0.4, -0.2) is 15.0 Å². The fourth-order valence-electron chi connectivity index (χ4n) is 2.05. The molecule has 2 rings (SSSR count). The lowest BCUT2D eigenvalue weighted by atomic mass is 10.1. The number of nitrogens with one attached hydrogen (secondary N) is 1. The van der Waals surface area contributed by atoms with Crippen molar-refractivity contribution in [1.82, 2.24) is 4.72 Å². The molecule has 0 aliphatic heterocycles. The lowest BCUT2D eigenvalue weighted by Crippen LogP contribution is -2.23. The second-order valence-electron chi connectivity index (χ2n) is 4.93. The van der Waals surface area contributed by atoms with Crippen molar-refractivity contribution in [2.45, 2.75) is 25.3 Å². The van der Waals surface area contributed by atoms with Gasteiger partial charge >= 0.3 is 0 Å². The van der Waals surface area contributed by atoms with Gasteiger partial charge in [-0.3, -0.25) is 0 Å². The third-order valence-corrected chi connectivity index (χ3v) is 4.61. The van der Waals surface area contributed by atoms with Crippen LogP contribution in [0, 0.1) is 6.92 Å². The molecule has 0 aliphatic rings. The van der Waals surface area contributed by atoms with Crippen molar-refractivity contribution >= 4 is 15.7 Å². The van der Waals surface area contributed by atoms with Crippen molar-refractivity contribution in [1.29, 1.82) is 0 Å². The van der Waals surface area contributed by atoms with E-state index >= 15 is 0 Å². The number of nitrogens with two attached hydrogens (primary N) is 1. The molecule has 0 heterocycles. The van der Waals surface area contributed by atoms with Crippen molar-refractivity contribution in [2.24, 2.45) is 0 Å². The Kier molecular flexibility index (Phi) is 5.05. The van der Waals surface area contributed by atoms with Gasteiger partial charge in [-0.1, -0.05) is 12.1 Å². The first-order chi connectivity index (χ1) is 10.4. The number of nitrogen functional groups attached to an aromatic ring is 1. The molecule has 0 saturated heterocycles. The number of hydrogen-bond donors (Lipinski definition) is 2. The van der Waals surface area contributed by atoms with Crippen molar-refractivity contribution in [3.63, 3.8) is 0 Å². The molecule has 0 atom stereocenters. The Morgan fingerprint density at radius 2 is 1.82 bits per heavy atom. The lowest BCUT2D eigenvalue weighted by Gasteiger charge is -2.10. The molecular formula is C16H20N2O3S. The average molecular weight is 320 g/mol. The zero-order valence-electron chi connectivity index (χ0n) is 12.7. The summed E-state index contributed by atoms with van der Waals surface area (Å²) >= 11 is 0. The largest absolute Gasteiger partial charge is 0.494 e. The van der Waals surface area contributed by atoms with Gasteiger partial charge in [0.1, 0.15) is 5.75 Å². The van der Waals surface area contributed by atoms with Gasteiger partial charge in [-0.25, -0.2) is 13.1 Å². The fourth-order valence-corrected chi connectivity index (χ4v) is 3.07. The summed E-state index contributed by atoms with van der Waals surface area (Å²) in [6.07, 6.45) is 0. The molecule has 0 aromatic heterocycles. The molecule has 5 nitrogen and oxygen atoms in total. The van der Waals surface area contributed by atoms with E-state index in [-0.39, 0.29) is 11.4 Å². The first-order valence-corrected chi connectivity index (χ1v) is 8.48. The van der Waals surface area contributed by atoms with Gasteiger partial charge in [0.15, 0.2) is 0 Å². The SMILES string of the molecule is CCOc1ccc(CNS(=O)(=O)c2ccc(N)cc2)cc1C. The van der Waals surface area contributed by atoms with Crippen LogP contribution in [-0.2, 0) is 16.6 Å². The van der Waals surface area contributed by atoms with E-state index in [0.717, 1.165) is 16.9 Å². The summed E-state index contributed by atoms with van der Waals surface area (Å²) < 4.78 is 32.4. The molecule has 0 fully saturated rings. The van der Waals surface area contributed by atoms with E-state index in [2.05, 4.69) is 4.72 Å². The van der Waals surface area contributed by atoms with Gasteiger partial charge < -0.3 is 10.5 Å². The van der Waals surface area contributed by atoms with Crippen LogP contribution in [0.2, 0.25) is 0 Å². The maximum Gasteiger partial charge on any atom is 0.240 e. The highest BCUT2D eigenvalue weighted by molar-refractivity contribution is 7.89. The second-order valence-corrected chi connectivity index (χ2v) is 6.69. The van der Waals surface area contributed by atoms with Gasteiger partial charge in [-0.2, -0.15) is 0 Å².